The Labute approximate surface area is 278 Å². The molecule has 238 valence electrons. The summed E-state index contributed by atoms with van der Waals surface area (Å²) in [6.07, 6.45) is 10.9. The quantitative estimate of drug-likeness (QED) is 0.0818. The van der Waals surface area contributed by atoms with Gasteiger partial charge in [-0.2, -0.15) is 0 Å². The highest BCUT2D eigenvalue weighted by atomic mass is 16.6. The first kappa shape index (κ1) is 31.0. The Morgan fingerprint density at radius 1 is 0.574 bits per heavy atom. The van der Waals surface area contributed by atoms with Crippen LogP contribution in [0, 0.1) is 0 Å². The average Bonchev–Trinajstić information content (AvgIpc) is 4.03. The Balaban J connectivity index is 1.54. The second kappa shape index (κ2) is 13.2. The van der Waals surface area contributed by atoms with Gasteiger partial charge < -0.3 is 18.9 Å². The van der Waals surface area contributed by atoms with Crippen LogP contribution in [0.4, 0.5) is 0 Å². The average molecular weight is 623 g/mol. The lowest BCUT2D eigenvalue weighted by Gasteiger charge is -2.36. The molecule has 0 N–H and O–H groups in total. The number of fused-ring (bicyclic) bond motifs is 3. The Morgan fingerprint density at radius 3 is 1.23 bits per heavy atom. The lowest BCUT2D eigenvalue weighted by Crippen LogP contribution is -2.30. The first-order chi connectivity index (χ1) is 23.1. The molecule has 2 saturated heterocycles. The fourth-order valence-corrected chi connectivity index (χ4v) is 7.25. The summed E-state index contributed by atoms with van der Waals surface area (Å²) < 4.78 is 24.0. The highest BCUT2D eigenvalue weighted by Crippen LogP contribution is 2.57. The van der Waals surface area contributed by atoms with Crippen LogP contribution in [0.25, 0.3) is 11.1 Å². The minimum absolute atomic E-state index is 0.154. The van der Waals surface area contributed by atoms with E-state index in [1.165, 1.54) is 33.4 Å². The third-order valence-corrected chi connectivity index (χ3v) is 9.39. The van der Waals surface area contributed by atoms with Crippen LogP contribution in [0.15, 0.2) is 123 Å². The van der Waals surface area contributed by atoms with Gasteiger partial charge in [-0.25, -0.2) is 0 Å². The summed E-state index contributed by atoms with van der Waals surface area (Å²) in [5, 5.41) is 0. The molecule has 2 fully saturated rings. The van der Waals surface area contributed by atoms with Crippen molar-refractivity contribution in [1.29, 1.82) is 0 Å². The monoisotopic (exact) mass is 622 g/mol. The van der Waals surface area contributed by atoms with Crippen molar-refractivity contribution in [3.05, 3.63) is 168 Å². The van der Waals surface area contributed by atoms with E-state index in [0.29, 0.717) is 38.9 Å². The van der Waals surface area contributed by atoms with Crippen LogP contribution in [0.3, 0.4) is 0 Å². The third kappa shape index (κ3) is 5.77. The van der Waals surface area contributed by atoms with Crippen LogP contribution >= 0.6 is 0 Å². The number of epoxide rings is 2. The molecule has 0 bridgehead atoms. The lowest BCUT2D eigenvalue weighted by atomic mass is 9.66. The normalized spacial score (nSPS) is 18.0. The molecule has 0 radical (unpaired) electrons. The van der Waals surface area contributed by atoms with Crippen molar-refractivity contribution < 1.29 is 18.9 Å². The smallest absolute Gasteiger partial charge is 0.126 e. The van der Waals surface area contributed by atoms with Gasteiger partial charge in [0.2, 0.25) is 0 Å². The molecule has 2 heterocycles. The second-order valence-corrected chi connectivity index (χ2v) is 12.6. The highest BCUT2D eigenvalue weighted by Gasteiger charge is 2.47. The maximum atomic E-state index is 6.49. The van der Waals surface area contributed by atoms with Gasteiger partial charge in [0.15, 0.2) is 0 Å². The van der Waals surface area contributed by atoms with Crippen molar-refractivity contribution in [2.45, 2.75) is 43.3 Å². The van der Waals surface area contributed by atoms with Gasteiger partial charge >= 0.3 is 0 Å². The summed E-state index contributed by atoms with van der Waals surface area (Å²) in [6, 6.07) is 27.0. The fourth-order valence-electron chi connectivity index (χ4n) is 7.25. The van der Waals surface area contributed by atoms with Crippen molar-refractivity contribution >= 4 is 0 Å². The molecule has 2 atom stereocenters. The fraction of sp³-hybridized carbons (Fsp3) is 0.256. The Hall–Kier alpha value is -4.64. The van der Waals surface area contributed by atoms with Gasteiger partial charge in [-0.05, 0) is 81.3 Å². The summed E-state index contributed by atoms with van der Waals surface area (Å²) in [6.45, 7) is 19.0. The molecular formula is C43H42O4. The largest absolute Gasteiger partial charge is 0.490 e. The van der Waals surface area contributed by atoms with Crippen molar-refractivity contribution in [3.8, 4) is 22.6 Å². The SMILES string of the molecule is C=CCc1cc(C2(c3cc(CC=C)c(OCC4CO4)c(CC=C)c3)c3ccccc3-c3ccccc32)cc(CC=C)c1OCC1CO1. The Morgan fingerprint density at radius 2 is 0.915 bits per heavy atom. The number of ether oxygens (including phenoxy) is 4. The van der Waals surface area contributed by atoms with E-state index in [1.54, 1.807) is 0 Å². The molecule has 2 aliphatic heterocycles. The predicted octanol–water partition coefficient (Wildman–Crippen LogP) is 8.52. The third-order valence-electron chi connectivity index (χ3n) is 9.39. The van der Waals surface area contributed by atoms with Crippen LogP contribution < -0.4 is 9.47 Å². The maximum absolute atomic E-state index is 6.49. The lowest BCUT2D eigenvalue weighted by molar-refractivity contribution is 0.259. The van der Waals surface area contributed by atoms with Crippen LogP contribution in [-0.4, -0.2) is 38.6 Å². The second-order valence-electron chi connectivity index (χ2n) is 12.6. The van der Waals surface area contributed by atoms with Crippen molar-refractivity contribution in [1.82, 2.24) is 0 Å². The van der Waals surface area contributed by atoms with Gasteiger partial charge in [-0.15, -0.1) is 26.3 Å². The molecule has 0 spiro atoms. The highest BCUT2D eigenvalue weighted by molar-refractivity contribution is 5.86. The summed E-state index contributed by atoms with van der Waals surface area (Å²) in [7, 11) is 0. The molecule has 0 amide bonds. The molecule has 4 aromatic rings. The molecule has 1 aliphatic carbocycles. The van der Waals surface area contributed by atoms with E-state index in [9.17, 15) is 0 Å². The van der Waals surface area contributed by atoms with E-state index in [-0.39, 0.29) is 12.2 Å². The van der Waals surface area contributed by atoms with Gasteiger partial charge in [0, 0.05) is 0 Å². The minimum atomic E-state index is -0.610. The first-order valence-electron chi connectivity index (χ1n) is 16.6. The van der Waals surface area contributed by atoms with Gasteiger partial charge in [-0.1, -0.05) is 97.1 Å². The van der Waals surface area contributed by atoms with Crippen LogP contribution in [-0.2, 0) is 40.6 Å². The summed E-state index contributed by atoms with van der Waals surface area (Å²) in [5.74, 6) is 1.81. The van der Waals surface area contributed by atoms with Crippen molar-refractivity contribution in [2.75, 3.05) is 26.4 Å². The minimum Gasteiger partial charge on any atom is -0.490 e. The molecule has 2 unspecified atom stereocenters. The predicted molar refractivity (Wildman–Crippen MR) is 190 cm³/mol. The zero-order chi connectivity index (χ0) is 32.4. The van der Waals surface area contributed by atoms with E-state index in [0.717, 1.165) is 47.0 Å². The maximum Gasteiger partial charge on any atom is 0.126 e. The molecule has 7 rings (SSSR count). The van der Waals surface area contributed by atoms with Crippen molar-refractivity contribution in [2.24, 2.45) is 0 Å². The number of hydrogen-bond acceptors (Lipinski definition) is 4. The van der Waals surface area contributed by atoms with Crippen molar-refractivity contribution in [3.63, 3.8) is 0 Å². The molecule has 47 heavy (non-hydrogen) atoms. The molecule has 4 nitrogen and oxygen atoms in total. The summed E-state index contributed by atoms with van der Waals surface area (Å²) >= 11 is 0. The summed E-state index contributed by atoms with van der Waals surface area (Å²) in [4.78, 5) is 0. The van der Waals surface area contributed by atoms with E-state index >= 15 is 0 Å². The molecule has 4 aromatic carbocycles. The number of allylic oxidation sites excluding steroid dienone is 4. The zero-order valence-corrected chi connectivity index (χ0v) is 27.0. The summed E-state index contributed by atoms with van der Waals surface area (Å²) in [5.41, 5.74) is 11.2. The van der Waals surface area contributed by atoms with Gasteiger partial charge in [0.25, 0.3) is 0 Å². The van der Waals surface area contributed by atoms with Crippen LogP contribution in [0.5, 0.6) is 11.5 Å². The number of rotatable bonds is 16. The van der Waals surface area contributed by atoms with Crippen LogP contribution in [0.2, 0.25) is 0 Å². The first-order valence-corrected chi connectivity index (χ1v) is 16.6. The van der Waals surface area contributed by atoms with E-state index in [4.69, 9.17) is 18.9 Å². The topological polar surface area (TPSA) is 43.5 Å². The number of hydrogen-bond donors (Lipinski definition) is 0. The molecular weight excluding hydrogens is 580 g/mol. The molecule has 4 heteroatoms. The zero-order valence-electron chi connectivity index (χ0n) is 27.0. The van der Waals surface area contributed by atoms with E-state index in [2.05, 4.69) is 99.1 Å². The standard InChI is InChI=1S/C43H42O4/c1-5-13-29-21-33(22-30(14-6-2)41(29)46-27-35-25-44-35)43(39-19-11-9-17-37(39)38-18-10-12-20-40(38)43)34-23-31(15-7-3)42(32(24-34)16-8-4)47-28-36-26-45-36/h5-12,17-24,35-36H,1-4,13-16,25-28H2. The van der Waals surface area contributed by atoms with Gasteiger partial charge in [0.05, 0.1) is 18.6 Å². The molecule has 0 saturated carbocycles. The number of benzene rings is 4. The van der Waals surface area contributed by atoms with Gasteiger partial charge in [0.1, 0.15) is 36.9 Å². The van der Waals surface area contributed by atoms with E-state index < -0.39 is 5.41 Å². The van der Waals surface area contributed by atoms with E-state index in [1.807, 2.05) is 24.3 Å². The Bertz CT molecular complexity index is 1640. The molecule has 0 aromatic heterocycles. The Kier molecular flexibility index (Phi) is 8.72. The van der Waals surface area contributed by atoms with Gasteiger partial charge in [-0.3, -0.25) is 0 Å². The van der Waals surface area contributed by atoms with Crippen LogP contribution in [0.1, 0.15) is 44.5 Å². The molecule has 3 aliphatic rings.